The molecule has 0 saturated heterocycles. The van der Waals surface area contributed by atoms with Crippen molar-refractivity contribution in [1.29, 1.82) is 0 Å². The number of anilines is 1. The monoisotopic (exact) mass is 450 g/mol. The third-order valence-electron chi connectivity index (χ3n) is 7.43. The summed E-state index contributed by atoms with van der Waals surface area (Å²) in [6.45, 7) is 2.21. The van der Waals surface area contributed by atoms with Crippen LogP contribution >= 0.6 is 0 Å². The summed E-state index contributed by atoms with van der Waals surface area (Å²) in [7, 11) is 1.62. The molecule has 2 saturated carbocycles. The normalized spacial score (nSPS) is 24.1. The Labute approximate surface area is 195 Å². The van der Waals surface area contributed by atoms with Gasteiger partial charge in [-0.15, -0.1) is 0 Å². The number of ether oxygens (including phenoxy) is 1. The first-order chi connectivity index (χ1) is 16.0. The second-order valence-electron chi connectivity index (χ2n) is 10.0. The van der Waals surface area contributed by atoms with Gasteiger partial charge in [0.1, 0.15) is 17.0 Å². The van der Waals surface area contributed by atoms with Gasteiger partial charge < -0.3 is 10.1 Å². The van der Waals surface area contributed by atoms with Crippen LogP contribution in [0.5, 0.6) is 5.75 Å². The molecule has 7 heteroatoms. The molecule has 2 amide bonds. The van der Waals surface area contributed by atoms with Crippen molar-refractivity contribution in [3.8, 4) is 5.75 Å². The van der Waals surface area contributed by atoms with Crippen molar-refractivity contribution in [3.63, 3.8) is 0 Å². The van der Waals surface area contributed by atoms with Gasteiger partial charge in [0.2, 0.25) is 5.91 Å². The Bertz CT molecular complexity index is 1020. The zero-order chi connectivity index (χ0) is 23.0. The number of aromatic nitrogens is 2. The number of carbonyl (C=O) groups is 2. The van der Waals surface area contributed by atoms with E-state index in [9.17, 15) is 9.59 Å². The lowest BCUT2D eigenvalue weighted by Gasteiger charge is -2.43. The Balaban J connectivity index is 1.49. The van der Waals surface area contributed by atoms with Crippen LogP contribution in [0.4, 0.5) is 5.69 Å². The van der Waals surface area contributed by atoms with Gasteiger partial charge in [0, 0.05) is 17.6 Å². The molecule has 3 aliphatic rings. The Morgan fingerprint density at radius 2 is 1.73 bits per heavy atom. The summed E-state index contributed by atoms with van der Waals surface area (Å²) in [5, 5.41) is 8.05. The summed E-state index contributed by atoms with van der Waals surface area (Å²) in [6, 6.07) is 9.44. The number of hydrogen-bond donors (Lipinski definition) is 1. The minimum atomic E-state index is -1.08. The lowest BCUT2D eigenvalue weighted by Crippen LogP contribution is -2.65. The molecule has 1 atom stereocenters. The summed E-state index contributed by atoms with van der Waals surface area (Å²) in [6.07, 6.45) is 10.2. The molecule has 1 N–H and O–H groups in total. The van der Waals surface area contributed by atoms with Crippen LogP contribution in [0, 0.1) is 0 Å². The highest BCUT2D eigenvalue weighted by atomic mass is 16.5. The molecule has 0 radical (unpaired) electrons. The highest BCUT2D eigenvalue weighted by Gasteiger charge is 2.49. The molecule has 0 spiro atoms. The van der Waals surface area contributed by atoms with E-state index in [0.717, 1.165) is 44.2 Å². The van der Waals surface area contributed by atoms with Gasteiger partial charge in [0.15, 0.2) is 0 Å². The molecule has 1 aromatic carbocycles. The van der Waals surface area contributed by atoms with Gasteiger partial charge >= 0.3 is 0 Å². The van der Waals surface area contributed by atoms with Crippen molar-refractivity contribution >= 4 is 17.5 Å². The maximum atomic E-state index is 13.8. The average molecular weight is 451 g/mol. The summed E-state index contributed by atoms with van der Waals surface area (Å²) in [4.78, 5) is 29.3. The Kier molecular flexibility index (Phi) is 5.89. The van der Waals surface area contributed by atoms with Crippen LogP contribution in [-0.4, -0.2) is 40.3 Å². The molecule has 2 aromatic rings. The fraction of sp³-hybridized carbons (Fsp3) is 0.577. The Morgan fingerprint density at radius 3 is 2.36 bits per heavy atom. The second kappa shape index (κ2) is 8.84. The zero-order valence-corrected chi connectivity index (χ0v) is 19.7. The largest absolute Gasteiger partial charge is 0.497 e. The van der Waals surface area contributed by atoms with Crippen molar-refractivity contribution in [1.82, 2.24) is 15.1 Å². The van der Waals surface area contributed by atoms with Crippen molar-refractivity contribution in [3.05, 3.63) is 41.7 Å². The summed E-state index contributed by atoms with van der Waals surface area (Å²) in [5.41, 5.74) is 1.15. The highest BCUT2D eigenvalue weighted by Crippen LogP contribution is 2.41. The molecule has 1 aromatic heterocycles. The number of methoxy groups -OCH3 is 1. The van der Waals surface area contributed by atoms with Gasteiger partial charge in [0.25, 0.3) is 5.91 Å². The van der Waals surface area contributed by atoms with Crippen LogP contribution in [0.3, 0.4) is 0 Å². The number of benzene rings is 1. The molecule has 1 unspecified atom stereocenters. The van der Waals surface area contributed by atoms with Crippen molar-refractivity contribution in [2.75, 3.05) is 12.0 Å². The van der Waals surface area contributed by atoms with Crippen LogP contribution in [0.1, 0.15) is 86.8 Å². The van der Waals surface area contributed by atoms with Gasteiger partial charge in [-0.1, -0.05) is 32.1 Å². The van der Waals surface area contributed by atoms with Gasteiger partial charge in [-0.2, -0.15) is 5.10 Å². The molecule has 7 nitrogen and oxygen atoms in total. The molecule has 0 bridgehead atoms. The van der Waals surface area contributed by atoms with E-state index < -0.39 is 5.54 Å². The summed E-state index contributed by atoms with van der Waals surface area (Å²) >= 11 is 0. The number of hydrogen-bond acceptors (Lipinski definition) is 4. The van der Waals surface area contributed by atoms with E-state index >= 15 is 0 Å². The van der Waals surface area contributed by atoms with Crippen molar-refractivity contribution < 1.29 is 14.3 Å². The fourth-order valence-corrected chi connectivity index (χ4v) is 5.26. The maximum Gasteiger partial charge on any atom is 0.277 e. The molecule has 2 fully saturated rings. The Hall–Kier alpha value is -2.83. The smallest absolute Gasteiger partial charge is 0.277 e. The molecular formula is C26H34N4O3. The van der Waals surface area contributed by atoms with E-state index in [-0.39, 0.29) is 17.9 Å². The minimum absolute atomic E-state index is 0.105. The lowest BCUT2D eigenvalue weighted by atomic mass is 9.91. The van der Waals surface area contributed by atoms with E-state index in [1.54, 1.807) is 16.7 Å². The highest BCUT2D eigenvalue weighted by molar-refractivity contribution is 6.11. The van der Waals surface area contributed by atoms with E-state index in [4.69, 9.17) is 9.84 Å². The first-order valence-electron chi connectivity index (χ1n) is 12.4. The van der Waals surface area contributed by atoms with Crippen molar-refractivity contribution in [2.45, 2.75) is 88.8 Å². The third-order valence-corrected chi connectivity index (χ3v) is 7.43. The lowest BCUT2D eigenvalue weighted by molar-refractivity contribution is -0.127. The zero-order valence-electron chi connectivity index (χ0n) is 19.7. The number of carbonyl (C=O) groups excluding carboxylic acids is 2. The maximum absolute atomic E-state index is 13.8. The van der Waals surface area contributed by atoms with Crippen LogP contribution in [0.25, 0.3) is 0 Å². The summed E-state index contributed by atoms with van der Waals surface area (Å²) in [5.74, 6) is 0.873. The molecule has 33 heavy (non-hydrogen) atoms. The van der Waals surface area contributed by atoms with Gasteiger partial charge in [0.05, 0.1) is 19.3 Å². The van der Waals surface area contributed by atoms with Gasteiger partial charge in [-0.05, 0) is 62.9 Å². The second-order valence-corrected chi connectivity index (χ2v) is 10.0. The standard InChI is InChI=1S/C26H34N4O3/c1-26(25(32)27-19-8-6-4-3-5-7-9-19)17-29-23(16-22(28-29)18-10-11-18)24(31)30(26)20-12-14-21(33-2)15-13-20/h12-16,18-19H,3-11,17H2,1-2H3,(H,27,32). The quantitative estimate of drug-likeness (QED) is 0.732. The summed E-state index contributed by atoms with van der Waals surface area (Å²) < 4.78 is 7.06. The Morgan fingerprint density at radius 1 is 1.06 bits per heavy atom. The van der Waals surface area contributed by atoms with Crippen LogP contribution < -0.4 is 15.0 Å². The first-order valence-corrected chi connectivity index (χ1v) is 12.4. The molecule has 2 aliphatic carbocycles. The fourth-order valence-electron chi connectivity index (χ4n) is 5.26. The molecule has 176 valence electrons. The average Bonchev–Trinajstić information content (AvgIpc) is 3.55. The van der Waals surface area contributed by atoms with Gasteiger partial charge in [-0.25, -0.2) is 0 Å². The minimum Gasteiger partial charge on any atom is -0.497 e. The molecular weight excluding hydrogens is 416 g/mol. The predicted molar refractivity (Wildman–Crippen MR) is 127 cm³/mol. The SMILES string of the molecule is COc1ccc(N2C(=O)c3cc(C4CC4)nn3CC2(C)C(=O)NC2CCCCCCC2)cc1. The number of nitrogens with one attached hydrogen (secondary N) is 1. The third kappa shape index (κ3) is 4.25. The number of nitrogens with zero attached hydrogens (tertiary/aromatic N) is 3. The molecule has 1 aliphatic heterocycles. The van der Waals surface area contributed by atoms with E-state index in [1.165, 1.54) is 19.3 Å². The molecule has 2 heterocycles. The first kappa shape index (κ1) is 22.0. The van der Waals surface area contributed by atoms with Gasteiger partial charge in [-0.3, -0.25) is 19.2 Å². The van der Waals surface area contributed by atoms with Crippen LogP contribution in [-0.2, 0) is 11.3 Å². The van der Waals surface area contributed by atoms with Crippen molar-refractivity contribution in [2.24, 2.45) is 0 Å². The number of amides is 2. The van der Waals surface area contributed by atoms with E-state index in [0.29, 0.717) is 29.6 Å². The number of rotatable bonds is 5. The van der Waals surface area contributed by atoms with E-state index in [2.05, 4.69) is 5.32 Å². The molecule has 5 rings (SSSR count). The van der Waals surface area contributed by atoms with E-state index in [1.807, 2.05) is 37.3 Å². The van der Waals surface area contributed by atoms with Crippen LogP contribution in [0.15, 0.2) is 30.3 Å². The van der Waals surface area contributed by atoms with Crippen LogP contribution in [0.2, 0.25) is 0 Å². The topological polar surface area (TPSA) is 76.5 Å². The number of fused-ring (bicyclic) bond motifs is 1. The predicted octanol–water partition coefficient (Wildman–Crippen LogP) is 4.42.